The van der Waals surface area contributed by atoms with Gasteiger partial charge in [0.05, 0.1) is 0 Å². The maximum atomic E-state index is 8.65. The molecule has 1 fully saturated rings. The Morgan fingerprint density at radius 3 is 1.79 bits per heavy atom. The van der Waals surface area contributed by atoms with E-state index in [2.05, 4.69) is 23.5 Å². The SMILES string of the molecule is C1CSCSC1.Oc1cccc(O)c1. The van der Waals surface area contributed by atoms with Crippen molar-refractivity contribution in [3.63, 3.8) is 0 Å². The zero-order valence-electron chi connectivity index (χ0n) is 7.85. The van der Waals surface area contributed by atoms with Gasteiger partial charge in [-0.2, -0.15) is 23.5 Å². The van der Waals surface area contributed by atoms with Crippen LogP contribution in [0.1, 0.15) is 6.42 Å². The first kappa shape index (κ1) is 11.6. The summed E-state index contributed by atoms with van der Waals surface area (Å²) in [5, 5.41) is 18.6. The van der Waals surface area contributed by atoms with Gasteiger partial charge in [-0.1, -0.05) is 6.07 Å². The number of benzene rings is 1. The van der Waals surface area contributed by atoms with Crippen LogP contribution < -0.4 is 0 Å². The van der Waals surface area contributed by atoms with Crippen molar-refractivity contribution in [2.24, 2.45) is 0 Å². The Hall–Kier alpha value is -0.480. The van der Waals surface area contributed by atoms with Crippen LogP contribution in [0.25, 0.3) is 0 Å². The molecule has 2 rings (SSSR count). The van der Waals surface area contributed by atoms with Crippen molar-refractivity contribution < 1.29 is 10.2 Å². The Morgan fingerprint density at radius 2 is 1.57 bits per heavy atom. The molecular weight excluding hydrogens is 216 g/mol. The fourth-order valence-electron chi connectivity index (χ4n) is 0.933. The standard InChI is InChI=1S/C6H6O2.C4H8S2/c7-5-2-1-3-6(8)4-5;1-2-5-4-6-3-1/h1-4,7-8H;1-4H2. The number of thioether (sulfide) groups is 2. The summed E-state index contributed by atoms with van der Waals surface area (Å²) in [6.07, 6.45) is 1.43. The van der Waals surface area contributed by atoms with Crippen molar-refractivity contribution in [2.45, 2.75) is 6.42 Å². The van der Waals surface area contributed by atoms with Crippen molar-refractivity contribution in [3.05, 3.63) is 24.3 Å². The molecule has 2 N–H and O–H groups in total. The van der Waals surface area contributed by atoms with E-state index in [1.165, 1.54) is 41.2 Å². The molecule has 0 saturated carbocycles. The van der Waals surface area contributed by atoms with E-state index in [0.29, 0.717) is 0 Å². The smallest absolute Gasteiger partial charge is 0.119 e. The van der Waals surface area contributed by atoms with E-state index in [1.54, 1.807) is 6.07 Å². The lowest BCUT2D eigenvalue weighted by Crippen LogP contribution is -1.90. The summed E-state index contributed by atoms with van der Waals surface area (Å²) in [4.78, 5) is 0. The van der Waals surface area contributed by atoms with Crippen LogP contribution in [0.15, 0.2) is 24.3 Å². The first-order valence-electron chi connectivity index (χ1n) is 4.42. The Morgan fingerprint density at radius 1 is 1.00 bits per heavy atom. The van der Waals surface area contributed by atoms with Crippen LogP contribution >= 0.6 is 23.5 Å². The Balaban J connectivity index is 0.000000146. The molecule has 1 heterocycles. The highest BCUT2D eigenvalue weighted by molar-refractivity contribution is 8.16. The van der Waals surface area contributed by atoms with E-state index in [9.17, 15) is 0 Å². The lowest BCUT2D eigenvalue weighted by molar-refractivity contribution is 0.450. The summed E-state index contributed by atoms with van der Waals surface area (Å²) in [6, 6.07) is 5.85. The van der Waals surface area contributed by atoms with E-state index in [-0.39, 0.29) is 11.5 Å². The van der Waals surface area contributed by atoms with Gasteiger partial charge in [0.15, 0.2) is 0 Å². The highest BCUT2D eigenvalue weighted by Gasteiger charge is 1.95. The average Bonchev–Trinajstić information content (AvgIpc) is 2.21. The molecule has 14 heavy (non-hydrogen) atoms. The van der Waals surface area contributed by atoms with Gasteiger partial charge in [0.1, 0.15) is 11.5 Å². The van der Waals surface area contributed by atoms with Crippen LogP contribution in [0.2, 0.25) is 0 Å². The summed E-state index contributed by atoms with van der Waals surface area (Å²) in [6.45, 7) is 0. The van der Waals surface area contributed by atoms with Gasteiger partial charge in [-0.25, -0.2) is 0 Å². The third-order valence-corrected chi connectivity index (χ3v) is 4.06. The minimum absolute atomic E-state index is 0.0880. The molecule has 1 saturated heterocycles. The second-order valence-corrected chi connectivity index (χ2v) is 5.38. The quantitative estimate of drug-likeness (QED) is 0.719. The van der Waals surface area contributed by atoms with Gasteiger partial charge in [-0.05, 0) is 30.1 Å². The molecule has 0 atom stereocenters. The second kappa shape index (κ2) is 6.90. The molecule has 0 aliphatic carbocycles. The molecular formula is C10H14O2S2. The largest absolute Gasteiger partial charge is 0.508 e. The normalized spacial score (nSPS) is 15.4. The first-order chi connectivity index (χ1) is 6.79. The number of phenolic OH excluding ortho intramolecular Hbond substituents is 2. The van der Waals surface area contributed by atoms with E-state index in [4.69, 9.17) is 10.2 Å². The van der Waals surface area contributed by atoms with Gasteiger partial charge in [0.2, 0.25) is 0 Å². The third kappa shape index (κ3) is 5.29. The number of hydrogen-bond donors (Lipinski definition) is 2. The van der Waals surface area contributed by atoms with Crippen LogP contribution in [0.5, 0.6) is 11.5 Å². The van der Waals surface area contributed by atoms with Gasteiger partial charge < -0.3 is 10.2 Å². The maximum Gasteiger partial charge on any atom is 0.119 e. The summed E-state index contributed by atoms with van der Waals surface area (Å²) in [7, 11) is 0. The lowest BCUT2D eigenvalue weighted by atomic mass is 10.3. The molecule has 0 amide bonds. The van der Waals surface area contributed by atoms with Gasteiger partial charge in [0.25, 0.3) is 0 Å². The minimum atomic E-state index is 0.0880. The predicted octanol–water partition coefficient (Wildman–Crippen LogP) is 2.91. The van der Waals surface area contributed by atoms with E-state index in [0.717, 1.165) is 0 Å². The molecule has 0 unspecified atom stereocenters. The van der Waals surface area contributed by atoms with E-state index < -0.39 is 0 Å². The van der Waals surface area contributed by atoms with Crippen molar-refractivity contribution in [2.75, 3.05) is 16.6 Å². The Bertz CT molecular complexity index is 233. The Labute approximate surface area is 92.7 Å². The zero-order valence-corrected chi connectivity index (χ0v) is 9.48. The van der Waals surface area contributed by atoms with Crippen molar-refractivity contribution in [1.82, 2.24) is 0 Å². The molecule has 0 radical (unpaired) electrons. The zero-order chi connectivity index (χ0) is 10.2. The summed E-state index contributed by atoms with van der Waals surface area (Å²) in [5.41, 5.74) is 0. The molecule has 1 aromatic rings. The summed E-state index contributed by atoms with van der Waals surface area (Å²) < 4.78 is 0. The number of aromatic hydroxyl groups is 2. The fourth-order valence-corrected chi connectivity index (χ4v) is 3.23. The van der Waals surface area contributed by atoms with Gasteiger partial charge in [-0.15, -0.1) is 0 Å². The molecule has 1 aliphatic rings. The minimum Gasteiger partial charge on any atom is -0.508 e. The highest BCUT2D eigenvalue weighted by Crippen LogP contribution is 2.19. The Kier molecular flexibility index (Phi) is 5.71. The highest BCUT2D eigenvalue weighted by atomic mass is 32.2. The van der Waals surface area contributed by atoms with Crippen molar-refractivity contribution in [1.29, 1.82) is 0 Å². The molecule has 78 valence electrons. The first-order valence-corrected chi connectivity index (χ1v) is 6.73. The summed E-state index contributed by atoms with van der Waals surface area (Å²) >= 11 is 4.12. The van der Waals surface area contributed by atoms with E-state index >= 15 is 0 Å². The van der Waals surface area contributed by atoms with Gasteiger partial charge >= 0.3 is 0 Å². The molecule has 0 bridgehead atoms. The monoisotopic (exact) mass is 230 g/mol. The molecule has 0 aromatic heterocycles. The molecule has 2 nitrogen and oxygen atoms in total. The average molecular weight is 230 g/mol. The van der Waals surface area contributed by atoms with Gasteiger partial charge in [0, 0.05) is 11.2 Å². The van der Waals surface area contributed by atoms with Crippen molar-refractivity contribution >= 4 is 23.5 Å². The van der Waals surface area contributed by atoms with Crippen LogP contribution in [0, 0.1) is 0 Å². The second-order valence-electron chi connectivity index (χ2n) is 2.81. The maximum absolute atomic E-state index is 8.65. The van der Waals surface area contributed by atoms with Crippen LogP contribution in [-0.2, 0) is 0 Å². The van der Waals surface area contributed by atoms with Gasteiger partial charge in [-0.3, -0.25) is 0 Å². The fraction of sp³-hybridized carbons (Fsp3) is 0.400. The number of rotatable bonds is 0. The van der Waals surface area contributed by atoms with Crippen LogP contribution in [-0.4, -0.2) is 26.8 Å². The van der Waals surface area contributed by atoms with E-state index in [1.807, 2.05) is 0 Å². The summed E-state index contributed by atoms with van der Waals surface area (Å²) in [5.74, 6) is 2.97. The van der Waals surface area contributed by atoms with Crippen LogP contribution in [0.4, 0.5) is 0 Å². The molecule has 1 aromatic carbocycles. The molecule has 4 heteroatoms. The topological polar surface area (TPSA) is 40.5 Å². The van der Waals surface area contributed by atoms with Crippen molar-refractivity contribution in [3.8, 4) is 11.5 Å². The van der Waals surface area contributed by atoms with Crippen LogP contribution in [0.3, 0.4) is 0 Å². The lowest BCUT2D eigenvalue weighted by Gasteiger charge is -2.05. The molecule has 1 aliphatic heterocycles. The number of phenols is 2. The predicted molar refractivity (Wildman–Crippen MR) is 64.2 cm³/mol. The third-order valence-electron chi connectivity index (χ3n) is 1.57. The number of hydrogen-bond acceptors (Lipinski definition) is 4. The molecule has 0 spiro atoms.